The van der Waals surface area contributed by atoms with E-state index in [0.29, 0.717) is 4.57 Å². The zero-order valence-electron chi connectivity index (χ0n) is 21.2. The molecular weight excluding hydrogens is 542 g/mol. The molecule has 2 heterocycles. The number of nitrogens with one attached hydrogen (secondary N) is 2. The van der Waals surface area contributed by atoms with Crippen molar-refractivity contribution in [1.29, 1.82) is 0 Å². The van der Waals surface area contributed by atoms with Crippen LogP contribution in [0.5, 0.6) is 5.75 Å². The molecule has 39 heavy (non-hydrogen) atoms. The number of carbonyl (C=O) groups is 1. The smallest absolute Gasteiger partial charge is 0.459 e. The van der Waals surface area contributed by atoms with E-state index in [1.807, 2.05) is 4.98 Å². The van der Waals surface area contributed by atoms with Crippen molar-refractivity contribution in [3.05, 3.63) is 73.9 Å². The number of aliphatic hydroxyl groups excluding tert-OH is 1. The SMILES string of the molecule is CC(C)OC(=O)[C@H](C)NP(=O)(OC[C@@]1(CN=[N+]=[N-])O[C@@H](n2ccc(=O)[nH]c2=O)[C@H](F)[C@@H]1O)Oc1ccccc1. The fourth-order valence-corrected chi connectivity index (χ4v) is 5.18. The highest BCUT2D eigenvalue weighted by atomic mass is 31.2. The first-order valence-corrected chi connectivity index (χ1v) is 13.2. The van der Waals surface area contributed by atoms with E-state index in [4.69, 9.17) is 24.1 Å². The minimum absolute atomic E-state index is 0.0794. The average Bonchev–Trinajstić information content (AvgIpc) is 3.12. The summed E-state index contributed by atoms with van der Waals surface area (Å²) in [7, 11) is -4.49. The van der Waals surface area contributed by atoms with Crippen molar-refractivity contribution in [2.45, 2.75) is 57.0 Å². The van der Waals surface area contributed by atoms with Crippen LogP contribution < -0.4 is 20.9 Å². The van der Waals surface area contributed by atoms with Gasteiger partial charge in [0, 0.05) is 17.2 Å². The van der Waals surface area contributed by atoms with Gasteiger partial charge in [-0.15, -0.1) is 0 Å². The maximum absolute atomic E-state index is 15.3. The Morgan fingerprint density at radius 3 is 2.64 bits per heavy atom. The summed E-state index contributed by atoms with van der Waals surface area (Å²) in [5.41, 5.74) is 4.94. The number of hydrogen-bond acceptors (Lipinski definition) is 10. The summed E-state index contributed by atoms with van der Waals surface area (Å²) < 4.78 is 51.6. The second-order valence-electron chi connectivity index (χ2n) is 8.88. The maximum atomic E-state index is 15.3. The Kier molecular flexibility index (Phi) is 9.67. The lowest BCUT2D eigenvalue weighted by Crippen LogP contribution is -2.49. The molecule has 212 valence electrons. The lowest BCUT2D eigenvalue weighted by Gasteiger charge is -2.32. The molecular formula is C22H28FN6O9P. The van der Waals surface area contributed by atoms with Crippen molar-refractivity contribution in [1.82, 2.24) is 14.6 Å². The van der Waals surface area contributed by atoms with Crippen molar-refractivity contribution in [2.24, 2.45) is 5.11 Å². The van der Waals surface area contributed by atoms with Crippen LogP contribution >= 0.6 is 7.75 Å². The molecule has 1 saturated heterocycles. The summed E-state index contributed by atoms with van der Waals surface area (Å²) >= 11 is 0. The first-order chi connectivity index (χ1) is 18.4. The van der Waals surface area contributed by atoms with Gasteiger partial charge in [-0.1, -0.05) is 23.3 Å². The molecule has 0 bridgehead atoms. The highest BCUT2D eigenvalue weighted by Gasteiger charge is 2.57. The van der Waals surface area contributed by atoms with Crippen molar-refractivity contribution in [3.8, 4) is 5.75 Å². The summed E-state index contributed by atoms with van der Waals surface area (Å²) in [6.45, 7) is 3.00. The molecule has 3 rings (SSSR count). The Bertz CT molecular complexity index is 1370. The van der Waals surface area contributed by atoms with Crippen LogP contribution in [-0.2, 0) is 23.4 Å². The first kappa shape index (κ1) is 30.0. The van der Waals surface area contributed by atoms with E-state index in [1.165, 1.54) is 19.1 Å². The number of esters is 1. The van der Waals surface area contributed by atoms with Gasteiger partial charge in [-0.25, -0.2) is 13.8 Å². The minimum atomic E-state index is -4.49. The molecule has 1 aromatic heterocycles. The van der Waals surface area contributed by atoms with Gasteiger partial charge in [0.15, 0.2) is 12.4 Å². The van der Waals surface area contributed by atoms with Gasteiger partial charge in [-0.05, 0) is 38.4 Å². The molecule has 0 radical (unpaired) electrons. The van der Waals surface area contributed by atoms with Crippen LogP contribution in [0.25, 0.3) is 10.4 Å². The third-order valence-corrected chi connectivity index (χ3v) is 7.12. The fraction of sp³-hybridized carbons (Fsp3) is 0.500. The van der Waals surface area contributed by atoms with Crippen LogP contribution in [0.4, 0.5) is 4.39 Å². The Hall–Kier alpha value is -3.52. The van der Waals surface area contributed by atoms with Gasteiger partial charge in [-0.3, -0.25) is 23.7 Å². The van der Waals surface area contributed by atoms with E-state index in [1.54, 1.807) is 32.0 Å². The number of hydrogen-bond donors (Lipinski definition) is 3. The molecule has 1 aliphatic heterocycles. The number of halogens is 1. The maximum Gasteiger partial charge on any atom is 0.459 e. The Labute approximate surface area is 221 Å². The second-order valence-corrected chi connectivity index (χ2v) is 10.6. The molecule has 17 heteroatoms. The first-order valence-electron chi connectivity index (χ1n) is 11.7. The molecule has 6 atom stereocenters. The van der Waals surface area contributed by atoms with Gasteiger partial charge in [0.1, 0.15) is 23.5 Å². The lowest BCUT2D eigenvalue weighted by molar-refractivity contribution is -0.149. The fourth-order valence-electron chi connectivity index (χ4n) is 3.63. The van der Waals surface area contributed by atoms with Crippen LogP contribution in [0.15, 0.2) is 57.3 Å². The summed E-state index contributed by atoms with van der Waals surface area (Å²) in [6, 6.07) is 7.51. The molecule has 1 aliphatic rings. The van der Waals surface area contributed by atoms with Gasteiger partial charge in [0.2, 0.25) is 0 Å². The predicted octanol–water partition coefficient (Wildman–Crippen LogP) is 1.95. The largest absolute Gasteiger partial charge is 0.462 e. The summed E-state index contributed by atoms with van der Waals surface area (Å²) in [5, 5.41) is 16.6. The second kappa shape index (κ2) is 12.6. The topological polar surface area (TPSA) is 207 Å². The number of aromatic nitrogens is 2. The number of para-hydroxylation sites is 1. The summed E-state index contributed by atoms with van der Waals surface area (Å²) in [5.74, 6) is -0.691. The number of rotatable bonds is 12. The van der Waals surface area contributed by atoms with Crippen molar-refractivity contribution in [3.63, 3.8) is 0 Å². The van der Waals surface area contributed by atoms with Crippen LogP contribution in [0.3, 0.4) is 0 Å². The summed E-state index contributed by atoms with van der Waals surface area (Å²) in [4.78, 5) is 40.6. The zero-order chi connectivity index (χ0) is 28.8. The highest BCUT2D eigenvalue weighted by Crippen LogP contribution is 2.48. The van der Waals surface area contributed by atoms with Crippen LogP contribution in [0, 0.1) is 0 Å². The molecule has 0 spiro atoms. The number of alkyl halides is 1. The molecule has 3 N–H and O–H groups in total. The molecule has 1 fully saturated rings. The van der Waals surface area contributed by atoms with Crippen LogP contribution in [0.2, 0.25) is 0 Å². The Morgan fingerprint density at radius 2 is 2.03 bits per heavy atom. The van der Waals surface area contributed by atoms with Gasteiger partial charge in [-0.2, -0.15) is 5.09 Å². The zero-order valence-corrected chi connectivity index (χ0v) is 22.1. The molecule has 1 aromatic carbocycles. The Balaban J connectivity index is 1.93. The molecule has 0 aliphatic carbocycles. The number of H-pyrrole nitrogens is 1. The van der Waals surface area contributed by atoms with Crippen molar-refractivity contribution in [2.75, 3.05) is 13.2 Å². The number of nitrogens with zero attached hydrogens (tertiary/aromatic N) is 4. The molecule has 0 amide bonds. The van der Waals surface area contributed by atoms with Crippen molar-refractivity contribution < 1.29 is 37.4 Å². The van der Waals surface area contributed by atoms with Gasteiger partial charge in [0.05, 0.1) is 19.3 Å². The number of aromatic amines is 1. The van der Waals surface area contributed by atoms with E-state index in [-0.39, 0.29) is 5.75 Å². The Morgan fingerprint density at radius 1 is 1.33 bits per heavy atom. The minimum Gasteiger partial charge on any atom is -0.462 e. The van der Waals surface area contributed by atoms with E-state index in [0.717, 1.165) is 12.3 Å². The number of carbonyl (C=O) groups excluding carboxylic acids is 1. The van der Waals surface area contributed by atoms with E-state index < -0.39 is 74.4 Å². The number of benzene rings is 1. The van der Waals surface area contributed by atoms with Gasteiger partial charge in [0.25, 0.3) is 5.56 Å². The standard InChI is InChI=1S/C22H28FN6O9P/c1-13(2)36-20(32)14(3)27-39(34,38-15-7-5-4-6-8-15)35-12-22(11-25-28-24)18(31)17(23)19(37-22)29-10-9-16(30)26-21(29)33/h4-10,13-14,17-19,31H,11-12H2,1-3H3,(H,27,34)(H,26,30,33)/t14-,17+,18-,19+,22+,39?/m0/s1. The predicted molar refractivity (Wildman–Crippen MR) is 134 cm³/mol. The van der Waals surface area contributed by atoms with Crippen LogP contribution in [0.1, 0.15) is 27.0 Å². The summed E-state index contributed by atoms with van der Waals surface area (Å²) in [6.07, 6.45) is -5.61. The molecule has 1 unspecified atom stereocenters. The third-order valence-electron chi connectivity index (χ3n) is 5.50. The van der Waals surface area contributed by atoms with Crippen molar-refractivity contribution >= 4 is 13.7 Å². The monoisotopic (exact) mass is 570 g/mol. The number of aliphatic hydroxyl groups is 1. The molecule has 0 saturated carbocycles. The number of azide groups is 1. The van der Waals surface area contributed by atoms with Crippen LogP contribution in [-0.4, -0.2) is 63.8 Å². The van der Waals surface area contributed by atoms with E-state index in [2.05, 4.69) is 15.1 Å². The third kappa shape index (κ3) is 7.32. The molecule has 15 nitrogen and oxygen atoms in total. The normalized spacial score (nSPS) is 24.9. The van der Waals surface area contributed by atoms with E-state index >= 15 is 4.39 Å². The number of ether oxygens (including phenoxy) is 2. The lowest BCUT2D eigenvalue weighted by atomic mass is 9.97. The van der Waals surface area contributed by atoms with E-state index in [9.17, 15) is 24.1 Å². The quantitative estimate of drug-likeness (QED) is 0.111. The average molecular weight is 570 g/mol. The highest BCUT2D eigenvalue weighted by molar-refractivity contribution is 7.52. The van der Waals surface area contributed by atoms with Gasteiger partial charge < -0.3 is 19.1 Å². The van der Waals surface area contributed by atoms with Gasteiger partial charge >= 0.3 is 19.4 Å². The molecule has 2 aromatic rings.